The van der Waals surface area contributed by atoms with Crippen molar-refractivity contribution in [1.29, 1.82) is 0 Å². The summed E-state index contributed by atoms with van der Waals surface area (Å²) in [5.41, 5.74) is 3.10. The normalized spacial score (nSPS) is 14.0. The first-order chi connectivity index (χ1) is 17.1. The van der Waals surface area contributed by atoms with Gasteiger partial charge in [0.05, 0.1) is 23.1 Å². The van der Waals surface area contributed by atoms with Crippen LogP contribution in [0.4, 0.5) is 23.3 Å². The molecule has 9 nitrogen and oxygen atoms in total. The van der Waals surface area contributed by atoms with Gasteiger partial charge in [-0.2, -0.15) is 0 Å². The van der Waals surface area contributed by atoms with Crippen molar-refractivity contribution in [2.45, 2.75) is 0 Å². The Morgan fingerprint density at radius 1 is 0.971 bits per heavy atom. The van der Waals surface area contributed by atoms with E-state index in [1.54, 1.807) is 18.5 Å². The van der Waals surface area contributed by atoms with Crippen molar-refractivity contribution in [3.63, 3.8) is 0 Å². The number of anilines is 4. The number of rotatable bonds is 6. The van der Waals surface area contributed by atoms with Crippen LogP contribution in [0.15, 0.2) is 73.6 Å². The Hall–Kier alpha value is -4.37. The fraction of sp³-hybridized carbons (Fsp3) is 0.192. The number of aromatic nitrogens is 4. The lowest BCUT2D eigenvalue weighted by Crippen LogP contribution is -2.44. The molecule has 1 aromatic carbocycles. The molecule has 9 heteroatoms. The van der Waals surface area contributed by atoms with Crippen LogP contribution in [0.1, 0.15) is 0 Å². The molecule has 4 heterocycles. The predicted molar refractivity (Wildman–Crippen MR) is 139 cm³/mol. The van der Waals surface area contributed by atoms with Crippen LogP contribution in [0.25, 0.3) is 22.2 Å². The molecule has 1 saturated heterocycles. The predicted octanol–water partition coefficient (Wildman–Crippen LogP) is 3.71. The molecule has 5 rings (SSSR count). The minimum atomic E-state index is -0.311. The lowest BCUT2D eigenvalue weighted by molar-refractivity contribution is -0.111. The van der Waals surface area contributed by atoms with Crippen molar-refractivity contribution < 1.29 is 4.79 Å². The van der Waals surface area contributed by atoms with Gasteiger partial charge in [-0.15, -0.1) is 0 Å². The Bertz CT molecular complexity index is 1360. The molecule has 3 aromatic heterocycles. The van der Waals surface area contributed by atoms with Crippen LogP contribution >= 0.6 is 0 Å². The largest absolute Gasteiger partial charge is 0.354 e. The van der Waals surface area contributed by atoms with E-state index in [0.717, 1.165) is 54.2 Å². The second-order valence-corrected chi connectivity index (χ2v) is 8.36. The minimum Gasteiger partial charge on any atom is -0.354 e. The molecule has 0 spiro atoms. The van der Waals surface area contributed by atoms with E-state index in [0.29, 0.717) is 17.5 Å². The van der Waals surface area contributed by atoms with Crippen molar-refractivity contribution in [3.05, 3.63) is 73.6 Å². The molecule has 176 valence electrons. The van der Waals surface area contributed by atoms with E-state index in [1.165, 1.54) is 6.08 Å². The highest BCUT2D eigenvalue weighted by Crippen LogP contribution is 2.28. The maximum absolute atomic E-state index is 11.7. The number of carbonyl (C=O) groups is 1. The van der Waals surface area contributed by atoms with Gasteiger partial charge in [-0.1, -0.05) is 30.8 Å². The van der Waals surface area contributed by atoms with Gasteiger partial charge in [0.15, 0.2) is 0 Å². The molecular weight excluding hydrogens is 440 g/mol. The Morgan fingerprint density at radius 2 is 1.80 bits per heavy atom. The van der Waals surface area contributed by atoms with Crippen LogP contribution in [-0.4, -0.2) is 64.0 Å². The molecule has 4 aromatic rings. The fourth-order valence-corrected chi connectivity index (χ4v) is 3.97. The van der Waals surface area contributed by atoms with E-state index >= 15 is 0 Å². The second-order valence-electron chi connectivity index (χ2n) is 8.36. The average molecular weight is 467 g/mol. The molecule has 1 fully saturated rings. The van der Waals surface area contributed by atoms with Gasteiger partial charge >= 0.3 is 0 Å². The number of likely N-dealkylation sites (N-methyl/N-ethyl adjacent to an activating group) is 1. The van der Waals surface area contributed by atoms with Gasteiger partial charge in [0.25, 0.3) is 0 Å². The highest BCUT2D eigenvalue weighted by Gasteiger charge is 2.15. The van der Waals surface area contributed by atoms with E-state index in [-0.39, 0.29) is 5.91 Å². The number of hydrogen-bond acceptors (Lipinski definition) is 8. The molecule has 1 aliphatic rings. The highest BCUT2D eigenvalue weighted by atomic mass is 16.1. The minimum absolute atomic E-state index is 0.311. The maximum atomic E-state index is 11.7. The SMILES string of the molecule is C=CC(=O)Nc1cccc(-c2cccc3cnc(Nc4ccc(N5CCN(C)CC5)nc4)nc23)n1. The van der Waals surface area contributed by atoms with Gasteiger partial charge in [0.1, 0.15) is 11.6 Å². The van der Waals surface area contributed by atoms with E-state index in [9.17, 15) is 4.79 Å². The van der Waals surface area contributed by atoms with E-state index in [4.69, 9.17) is 4.98 Å². The third-order valence-corrected chi connectivity index (χ3v) is 5.90. The number of fused-ring (bicyclic) bond motifs is 1. The smallest absolute Gasteiger partial charge is 0.248 e. The van der Waals surface area contributed by atoms with Crippen molar-refractivity contribution >= 4 is 40.1 Å². The third-order valence-electron chi connectivity index (χ3n) is 5.90. The molecule has 1 aliphatic heterocycles. The number of hydrogen-bond donors (Lipinski definition) is 2. The summed E-state index contributed by atoms with van der Waals surface area (Å²) in [4.78, 5) is 34.7. The summed E-state index contributed by atoms with van der Waals surface area (Å²) in [6, 6.07) is 15.3. The molecule has 2 N–H and O–H groups in total. The van der Waals surface area contributed by atoms with Crippen molar-refractivity contribution in [2.24, 2.45) is 0 Å². The van der Waals surface area contributed by atoms with Crippen molar-refractivity contribution in [3.8, 4) is 11.3 Å². The third kappa shape index (κ3) is 5.10. The van der Waals surface area contributed by atoms with Gasteiger partial charge < -0.3 is 20.4 Å². The van der Waals surface area contributed by atoms with Crippen LogP contribution in [0, 0.1) is 0 Å². The van der Waals surface area contributed by atoms with E-state index in [2.05, 4.69) is 49.0 Å². The number of carbonyl (C=O) groups excluding carboxylic acids is 1. The van der Waals surface area contributed by atoms with Crippen LogP contribution in [0.2, 0.25) is 0 Å². The Kier molecular flexibility index (Phi) is 6.32. The zero-order valence-corrected chi connectivity index (χ0v) is 19.5. The Balaban J connectivity index is 1.39. The molecule has 0 radical (unpaired) electrons. The molecule has 0 unspecified atom stereocenters. The van der Waals surface area contributed by atoms with Crippen LogP contribution in [0.5, 0.6) is 0 Å². The summed E-state index contributed by atoms with van der Waals surface area (Å²) < 4.78 is 0. The molecule has 0 saturated carbocycles. The number of para-hydroxylation sites is 1. The molecule has 0 aliphatic carbocycles. The molecule has 0 bridgehead atoms. The van der Waals surface area contributed by atoms with Gasteiger partial charge in [0, 0.05) is 43.3 Å². The summed E-state index contributed by atoms with van der Waals surface area (Å²) in [5, 5.41) is 6.84. The van der Waals surface area contributed by atoms with Gasteiger partial charge in [0.2, 0.25) is 11.9 Å². The van der Waals surface area contributed by atoms with Gasteiger partial charge in [-0.25, -0.2) is 19.9 Å². The number of amides is 1. The van der Waals surface area contributed by atoms with Gasteiger partial charge in [-0.3, -0.25) is 4.79 Å². The zero-order chi connectivity index (χ0) is 24.2. The fourth-order valence-electron chi connectivity index (χ4n) is 3.97. The first-order valence-electron chi connectivity index (χ1n) is 11.4. The lowest BCUT2D eigenvalue weighted by Gasteiger charge is -2.33. The quantitative estimate of drug-likeness (QED) is 0.415. The molecular formula is C26H26N8O. The monoisotopic (exact) mass is 466 g/mol. The van der Waals surface area contributed by atoms with Crippen LogP contribution in [0.3, 0.4) is 0 Å². The number of piperazine rings is 1. The van der Waals surface area contributed by atoms with Crippen LogP contribution < -0.4 is 15.5 Å². The zero-order valence-electron chi connectivity index (χ0n) is 19.5. The van der Waals surface area contributed by atoms with Crippen LogP contribution in [-0.2, 0) is 4.79 Å². The maximum Gasteiger partial charge on any atom is 0.248 e. The highest BCUT2D eigenvalue weighted by molar-refractivity contribution is 5.98. The molecule has 0 atom stereocenters. The summed E-state index contributed by atoms with van der Waals surface area (Å²) in [5.74, 6) is 1.58. The van der Waals surface area contributed by atoms with Crippen molar-refractivity contribution in [2.75, 3.05) is 48.8 Å². The first-order valence-corrected chi connectivity index (χ1v) is 11.4. The molecule has 1 amide bonds. The number of nitrogens with zero attached hydrogens (tertiary/aromatic N) is 6. The lowest BCUT2D eigenvalue weighted by atomic mass is 10.1. The number of pyridine rings is 2. The Labute approximate surface area is 203 Å². The molecule has 35 heavy (non-hydrogen) atoms. The van der Waals surface area contributed by atoms with E-state index < -0.39 is 0 Å². The number of benzene rings is 1. The summed E-state index contributed by atoms with van der Waals surface area (Å²) in [6.07, 6.45) is 4.80. The second kappa shape index (κ2) is 9.86. The van der Waals surface area contributed by atoms with E-state index in [1.807, 2.05) is 42.5 Å². The summed E-state index contributed by atoms with van der Waals surface area (Å²) in [7, 11) is 2.14. The average Bonchev–Trinajstić information content (AvgIpc) is 2.89. The first kappa shape index (κ1) is 22.4. The summed E-state index contributed by atoms with van der Waals surface area (Å²) in [6.45, 7) is 7.49. The number of nitrogens with one attached hydrogen (secondary N) is 2. The summed E-state index contributed by atoms with van der Waals surface area (Å²) >= 11 is 0. The topological polar surface area (TPSA) is 99.2 Å². The standard InChI is InChI=1S/C26H26N8O/c1-3-24(35)31-22-9-5-8-21(30-22)20-7-4-6-18-16-28-26(32-25(18)20)29-19-10-11-23(27-17-19)34-14-12-33(2)13-15-34/h3-11,16-17H,1,12-15H2,2H3,(H,28,29,32)(H,30,31,35). The van der Waals surface area contributed by atoms with Crippen molar-refractivity contribution in [1.82, 2.24) is 24.8 Å². The Morgan fingerprint density at radius 3 is 2.57 bits per heavy atom. The van der Waals surface area contributed by atoms with Gasteiger partial charge in [-0.05, 0) is 37.4 Å².